The summed E-state index contributed by atoms with van der Waals surface area (Å²) >= 11 is 0. The molecule has 116 valence electrons. The second-order valence-electron chi connectivity index (χ2n) is 6.48. The van der Waals surface area contributed by atoms with Crippen LogP contribution >= 0.6 is 0 Å². The van der Waals surface area contributed by atoms with Gasteiger partial charge in [0.25, 0.3) is 0 Å². The topological polar surface area (TPSA) is 114 Å². The number of rotatable bonds is 4. The lowest BCUT2D eigenvalue weighted by Gasteiger charge is -2.16. The van der Waals surface area contributed by atoms with Crippen LogP contribution in [0.4, 0.5) is 11.8 Å². The maximum atomic E-state index is 9.43. The van der Waals surface area contributed by atoms with Gasteiger partial charge in [0.05, 0.1) is 18.5 Å². The Bertz CT molecular complexity index is 742. The molecule has 5 rings (SSSR count). The molecule has 0 bridgehead atoms. The van der Waals surface area contributed by atoms with Crippen LogP contribution < -0.4 is 11.1 Å². The number of aliphatic hydroxyl groups excluding tert-OH is 1. The maximum Gasteiger partial charge on any atom is 0.224 e. The number of nitrogens with one attached hydrogen (secondary N) is 1. The second-order valence-corrected chi connectivity index (χ2v) is 6.48. The van der Waals surface area contributed by atoms with Crippen LogP contribution in [-0.4, -0.2) is 49.5 Å². The molecule has 2 aromatic rings. The van der Waals surface area contributed by atoms with Gasteiger partial charge in [-0.3, -0.25) is 0 Å². The lowest BCUT2D eigenvalue weighted by atomic mass is 10.1. The number of aliphatic hydroxyl groups is 1. The Hall–Kier alpha value is -1.93. The van der Waals surface area contributed by atoms with Gasteiger partial charge in [-0.2, -0.15) is 9.97 Å². The maximum absolute atomic E-state index is 9.43. The summed E-state index contributed by atoms with van der Waals surface area (Å²) in [5.41, 5.74) is 7.37. The molecule has 8 heteroatoms. The summed E-state index contributed by atoms with van der Waals surface area (Å²) in [4.78, 5) is 13.2. The van der Waals surface area contributed by atoms with Gasteiger partial charge in [0.1, 0.15) is 6.10 Å². The molecule has 1 aliphatic heterocycles. The van der Waals surface area contributed by atoms with E-state index >= 15 is 0 Å². The van der Waals surface area contributed by atoms with E-state index in [1.54, 1.807) is 6.33 Å². The molecule has 3 aliphatic rings. The van der Waals surface area contributed by atoms with E-state index in [0.717, 1.165) is 30.4 Å². The van der Waals surface area contributed by atoms with Gasteiger partial charge < -0.3 is 25.5 Å². The van der Waals surface area contributed by atoms with Gasteiger partial charge in [-0.1, -0.05) is 0 Å². The third kappa shape index (κ3) is 1.80. The standard InChI is InChI=1S/C14H18N6O2/c15-14-18-12(17-7-1-2-7)9-13(19-14)20(5-16-9)8-3-6(4-21)10-11(8)22-10/h5-8,10-11,21H,1-4H2,(H3,15,17,18,19)/t6-,8-,10?,11?/m1/s1. The van der Waals surface area contributed by atoms with Crippen molar-refractivity contribution >= 4 is 22.9 Å². The smallest absolute Gasteiger partial charge is 0.224 e. The Morgan fingerprint density at radius 1 is 1.36 bits per heavy atom. The molecule has 4 atom stereocenters. The predicted octanol–water partition coefficient (Wildman–Crippen LogP) is 0.303. The summed E-state index contributed by atoms with van der Waals surface area (Å²) < 4.78 is 7.71. The summed E-state index contributed by atoms with van der Waals surface area (Å²) in [7, 11) is 0. The molecule has 22 heavy (non-hydrogen) atoms. The molecule has 2 aromatic heterocycles. The van der Waals surface area contributed by atoms with Gasteiger partial charge in [0.2, 0.25) is 5.95 Å². The number of epoxide rings is 1. The largest absolute Gasteiger partial charge is 0.396 e. The van der Waals surface area contributed by atoms with Gasteiger partial charge in [0, 0.05) is 18.6 Å². The molecule has 0 amide bonds. The predicted molar refractivity (Wildman–Crippen MR) is 79.3 cm³/mol. The molecule has 8 nitrogen and oxygen atoms in total. The molecule has 3 fully saturated rings. The van der Waals surface area contributed by atoms with E-state index in [9.17, 15) is 5.11 Å². The van der Waals surface area contributed by atoms with E-state index < -0.39 is 0 Å². The number of imidazole rings is 1. The summed E-state index contributed by atoms with van der Waals surface area (Å²) in [6.45, 7) is 0.163. The highest BCUT2D eigenvalue weighted by molar-refractivity contribution is 5.84. The Kier molecular flexibility index (Phi) is 2.46. The fourth-order valence-electron chi connectivity index (χ4n) is 3.55. The summed E-state index contributed by atoms with van der Waals surface area (Å²) in [6.07, 6.45) is 5.32. The molecule has 0 radical (unpaired) electrons. The van der Waals surface area contributed by atoms with E-state index in [0.29, 0.717) is 11.9 Å². The minimum atomic E-state index is 0.158. The summed E-state index contributed by atoms with van der Waals surface area (Å²) in [5.74, 6) is 1.17. The fourth-order valence-corrected chi connectivity index (χ4v) is 3.55. The van der Waals surface area contributed by atoms with Crippen molar-refractivity contribution in [1.29, 1.82) is 0 Å². The molecule has 2 unspecified atom stereocenters. The van der Waals surface area contributed by atoms with Crippen molar-refractivity contribution in [2.24, 2.45) is 5.92 Å². The monoisotopic (exact) mass is 302 g/mol. The summed E-state index contributed by atoms with van der Waals surface area (Å²) in [6, 6.07) is 0.638. The van der Waals surface area contributed by atoms with Crippen LogP contribution in [0.25, 0.3) is 11.2 Å². The van der Waals surface area contributed by atoms with Crippen molar-refractivity contribution < 1.29 is 9.84 Å². The molecule has 0 aromatic carbocycles. The normalized spacial score (nSPS) is 33.1. The molecular weight excluding hydrogens is 284 g/mol. The van der Waals surface area contributed by atoms with Crippen LogP contribution in [0.15, 0.2) is 6.33 Å². The first-order chi connectivity index (χ1) is 10.7. The summed E-state index contributed by atoms with van der Waals surface area (Å²) in [5, 5.41) is 12.8. The van der Waals surface area contributed by atoms with Crippen LogP contribution in [-0.2, 0) is 4.74 Å². The third-order valence-electron chi connectivity index (χ3n) is 4.90. The highest BCUT2D eigenvalue weighted by Crippen LogP contribution is 2.50. The molecule has 1 saturated heterocycles. The van der Waals surface area contributed by atoms with Gasteiger partial charge in [-0.25, -0.2) is 4.98 Å². The Balaban J connectivity index is 1.56. The Labute approximate surface area is 126 Å². The number of nitrogen functional groups attached to an aromatic ring is 1. The average molecular weight is 302 g/mol. The van der Waals surface area contributed by atoms with Crippen LogP contribution in [0.1, 0.15) is 25.3 Å². The number of fused-ring (bicyclic) bond motifs is 2. The van der Waals surface area contributed by atoms with Gasteiger partial charge >= 0.3 is 0 Å². The number of anilines is 2. The second kappa shape index (κ2) is 4.30. The van der Waals surface area contributed by atoms with E-state index in [4.69, 9.17) is 10.5 Å². The number of ether oxygens (including phenoxy) is 1. The first-order valence-corrected chi connectivity index (χ1v) is 7.77. The zero-order valence-corrected chi connectivity index (χ0v) is 12.0. The SMILES string of the molecule is Nc1nc(NC2CC2)c2ncn([C@@H]3C[C@H](CO)C4OC43)c2n1. The average Bonchev–Trinajstić information content (AvgIpc) is 3.40. The Morgan fingerprint density at radius 2 is 2.23 bits per heavy atom. The number of aromatic nitrogens is 4. The quantitative estimate of drug-likeness (QED) is 0.696. The lowest BCUT2D eigenvalue weighted by molar-refractivity contribution is 0.154. The highest BCUT2D eigenvalue weighted by atomic mass is 16.6. The number of hydrogen-bond acceptors (Lipinski definition) is 7. The van der Waals surface area contributed by atoms with Crippen LogP contribution in [0.2, 0.25) is 0 Å². The van der Waals surface area contributed by atoms with Gasteiger partial charge in [-0.05, 0) is 19.3 Å². The number of nitrogens with zero attached hydrogens (tertiary/aromatic N) is 4. The third-order valence-corrected chi connectivity index (χ3v) is 4.90. The van der Waals surface area contributed by atoms with Crippen molar-refractivity contribution in [3.63, 3.8) is 0 Å². The zero-order valence-electron chi connectivity index (χ0n) is 12.0. The first-order valence-electron chi connectivity index (χ1n) is 7.77. The van der Waals surface area contributed by atoms with E-state index in [1.807, 2.05) is 4.57 Å². The minimum absolute atomic E-state index is 0.158. The van der Waals surface area contributed by atoms with Gasteiger partial charge in [-0.15, -0.1) is 0 Å². The van der Waals surface area contributed by atoms with Crippen molar-refractivity contribution in [2.45, 2.75) is 43.6 Å². The van der Waals surface area contributed by atoms with Crippen molar-refractivity contribution in [1.82, 2.24) is 19.5 Å². The van der Waals surface area contributed by atoms with Crippen LogP contribution in [0.3, 0.4) is 0 Å². The van der Waals surface area contributed by atoms with Crippen molar-refractivity contribution in [2.75, 3.05) is 17.7 Å². The molecule has 4 N–H and O–H groups in total. The van der Waals surface area contributed by atoms with Crippen LogP contribution in [0.5, 0.6) is 0 Å². The van der Waals surface area contributed by atoms with E-state index in [-0.39, 0.29) is 36.7 Å². The first kappa shape index (κ1) is 12.6. The highest BCUT2D eigenvalue weighted by Gasteiger charge is 2.57. The molecular formula is C14H18N6O2. The van der Waals surface area contributed by atoms with Crippen molar-refractivity contribution in [3.8, 4) is 0 Å². The molecule has 2 saturated carbocycles. The minimum Gasteiger partial charge on any atom is -0.396 e. The number of nitrogens with two attached hydrogens (primary N) is 1. The van der Waals surface area contributed by atoms with Gasteiger partial charge in [0.15, 0.2) is 17.0 Å². The molecule has 3 heterocycles. The van der Waals surface area contributed by atoms with E-state index in [2.05, 4.69) is 20.3 Å². The van der Waals surface area contributed by atoms with Crippen molar-refractivity contribution in [3.05, 3.63) is 6.33 Å². The molecule has 2 aliphatic carbocycles. The fraction of sp³-hybridized carbons (Fsp3) is 0.643. The molecule has 0 spiro atoms. The van der Waals surface area contributed by atoms with E-state index in [1.165, 1.54) is 0 Å². The number of hydrogen-bond donors (Lipinski definition) is 3. The lowest BCUT2D eigenvalue weighted by Crippen LogP contribution is -2.15. The zero-order chi connectivity index (χ0) is 14.8. The Morgan fingerprint density at radius 3 is 2.95 bits per heavy atom. The van der Waals surface area contributed by atoms with Crippen LogP contribution in [0, 0.1) is 5.92 Å².